The van der Waals surface area contributed by atoms with Gasteiger partial charge < -0.3 is 5.32 Å². The van der Waals surface area contributed by atoms with E-state index in [1.165, 1.54) is 6.07 Å². The van der Waals surface area contributed by atoms with Gasteiger partial charge in [-0.05, 0) is 30.7 Å². The molecule has 0 fully saturated rings. The molecular formula is C15H13F4N. The third-order valence-electron chi connectivity index (χ3n) is 2.85. The highest BCUT2D eigenvalue weighted by atomic mass is 19.4. The van der Waals surface area contributed by atoms with Crippen molar-refractivity contribution in [3.8, 4) is 0 Å². The second kappa shape index (κ2) is 5.53. The van der Waals surface area contributed by atoms with Crippen molar-refractivity contribution in [2.24, 2.45) is 0 Å². The third kappa shape index (κ3) is 3.50. The fourth-order valence-corrected chi connectivity index (χ4v) is 1.88. The van der Waals surface area contributed by atoms with Crippen molar-refractivity contribution in [1.29, 1.82) is 0 Å². The molecule has 2 aromatic rings. The lowest BCUT2D eigenvalue weighted by Crippen LogP contribution is -2.09. The molecule has 5 heteroatoms. The highest BCUT2D eigenvalue weighted by molar-refractivity contribution is 5.47. The molecule has 2 rings (SSSR count). The summed E-state index contributed by atoms with van der Waals surface area (Å²) < 4.78 is 50.9. The largest absolute Gasteiger partial charge is 0.419 e. The summed E-state index contributed by atoms with van der Waals surface area (Å²) in [6.07, 6.45) is -4.69. The second-order valence-corrected chi connectivity index (χ2v) is 4.53. The van der Waals surface area contributed by atoms with Crippen molar-refractivity contribution >= 4 is 5.69 Å². The Morgan fingerprint density at radius 3 is 2.45 bits per heavy atom. The number of hydrogen-bond acceptors (Lipinski definition) is 1. The highest BCUT2D eigenvalue weighted by Crippen LogP contribution is 2.33. The second-order valence-electron chi connectivity index (χ2n) is 4.53. The predicted octanol–water partition coefficient (Wildman–Crippen LogP) is 4.77. The van der Waals surface area contributed by atoms with Gasteiger partial charge in [0.2, 0.25) is 0 Å². The molecule has 0 saturated heterocycles. The summed E-state index contributed by atoms with van der Waals surface area (Å²) in [6, 6.07) is 10.5. The van der Waals surface area contributed by atoms with E-state index in [2.05, 4.69) is 5.32 Å². The minimum absolute atomic E-state index is 0.236. The van der Waals surface area contributed by atoms with Crippen molar-refractivity contribution in [3.05, 3.63) is 65.0 Å². The van der Waals surface area contributed by atoms with Crippen LogP contribution in [0.4, 0.5) is 23.2 Å². The van der Waals surface area contributed by atoms with Gasteiger partial charge in [0.25, 0.3) is 0 Å². The summed E-state index contributed by atoms with van der Waals surface area (Å²) in [5.74, 6) is -1.27. The minimum Gasteiger partial charge on any atom is -0.381 e. The van der Waals surface area contributed by atoms with Gasteiger partial charge in [0.1, 0.15) is 5.82 Å². The molecule has 0 atom stereocenters. The van der Waals surface area contributed by atoms with Gasteiger partial charge in [-0.3, -0.25) is 0 Å². The number of aryl methyl sites for hydroxylation is 1. The van der Waals surface area contributed by atoms with Gasteiger partial charge in [0.05, 0.1) is 5.56 Å². The number of hydrogen-bond donors (Lipinski definition) is 1. The Kier molecular flexibility index (Phi) is 3.97. The molecule has 0 aliphatic heterocycles. The first-order chi connectivity index (χ1) is 9.36. The Morgan fingerprint density at radius 2 is 1.80 bits per heavy atom. The molecule has 20 heavy (non-hydrogen) atoms. The maximum Gasteiger partial charge on any atom is 0.419 e. The first-order valence-electron chi connectivity index (χ1n) is 6.02. The van der Waals surface area contributed by atoms with Crippen LogP contribution >= 0.6 is 0 Å². The van der Waals surface area contributed by atoms with E-state index in [1.54, 1.807) is 0 Å². The lowest BCUT2D eigenvalue weighted by Gasteiger charge is -2.12. The van der Waals surface area contributed by atoms with Gasteiger partial charge in [0, 0.05) is 12.2 Å². The molecule has 0 aliphatic carbocycles. The van der Waals surface area contributed by atoms with Gasteiger partial charge in [-0.15, -0.1) is 0 Å². The highest BCUT2D eigenvalue weighted by Gasteiger charge is 2.34. The molecule has 106 valence electrons. The van der Waals surface area contributed by atoms with Crippen LogP contribution < -0.4 is 5.32 Å². The molecule has 1 nitrogen and oxygen atoms in total. The summed E-state index contributed by atoms with van der Waals surface area (Å²) in [4.78, 5) is 0. The Balaban J connectivity index is 2.14. The van der Waals surface area contributed by atoms with Gasteiger partial charge >= 0.3 is 6.18 Å². The summed E-state index contributed by atoms with van der Waals surface area (Å²) in [6.45, 7) is 2.31. The van der Waals surface area contributed by atoms with Crippen molar-refractivity contribution in [3.63, 3.8) is 0 Å². The summed E-state index contributed by atoms with van der Waals surface area (Å²) >= 11 is 0. The van der Waals surface area contributed by atoms with E-state index >= 15 is 0 Å². The van der Waals surface area contributed by atoms with Crippen molar-refractivity contribution < 1.29 is 17.6 Å². The first-order valence-corrected chi connectivity index (χ1v) is 6.02. The van der Waals surface area contributed by atoms with Gasteiger partial charge in [-0.2, -0.15) is 13.2 Å². The lowest BCUT2D eigenvalue weighted by molar-refractivity contribution is -0.139. The SMILES string of the molecule is Cc1cccc(CNc2ccc(F)c(C(F)(F)F)c2)c1. The summed E-state index contributed by atoms with van der Waals surface area (Å²) in [5, 5.41) is 2.86. The van der Waals surface area contributed by atoms with E-state index in [9.17, 15) is 17.6 Å². The molecular weight excluding hydrogens is 270 g/mol. The Morgan fingerprint density at radius 1 is 1.05 bits per heavy atom. The Hall–Kier alpha value is -2.04. The molecule has 2 aromatic carbocycles. The van der Waals surface area contributed by atoms with Crippen LogP contribution in [0.15, 0.2) is 42.5 Å². The van der Waals surface area contributed by atoms with Crippen LogP contribution in [0, 0.1) is 12.7 Å². The molecule has 0 amide bonds. The fraction of sp³-hybridized carbons (Fsp3) is 0.200. The van der Waals surface area contributed by atoms with Crippen molar-refractivity contribution in [2.45, 2.75) is 19.6 Å². The molecule has 1 N–H and O–H groups in total. The number of halogens is 4. The smallest absolute Gasteiger partial charge is 0.381 e. The number of rotatable bonds is 3. The summed E-state index contributed by atoms with van der Waals surface area (Å²) in [5.41, 5.74) is 0.995. The number of nitrogens with one attached hydrogen (secondary N) is 1. The molecule has 0 aromatic heterocycles. The van der Waals surface area contributed by atoms with Crippen LogP contribution in [0.2, 0.25) is 0 Å². The monoisotopic (exact) mass is 283 g/mol. The van der Waals surface area contributed by atoms with Crippen LogP contribution in [0.5, 0.6) is 0 Å². The van der Waals surface area contributed by atoms with Crippen LogP contribution in [-0.4, -0.2) is 0 Å². The topological polar surface area (TPSA) is 12.0 Å². The Bertz CT molecular complexity index is 605. The van der Waals surface area contributed by atoms with Crippen LogP contribution in [0.1, 0.15) is 16.7 Å². The zero-order valence-corrected chi connectivity index (χ0v) is 10.8. The van der Waals surface area contributed by atoms with Crippen molar-refractivity contribution in [2.75, 3.05) is 5.32 Å². The van der Waals surface area contributed by atoms with Crippen LogP contribution in [-0.2, 0) is 12.7 Å². The van der Waals surface area contributed by atoms with Crippen LogP contribution in [0.25, 0.3) is 0 Å². The standard InChI is InChI=1S/C15H13F4N/c1-10-3-2-4-11(7-10)9-20-12-5-6-14(16)13(8-12)15(17,18)19/h2-8,20H,9H2,1H3. The molecule has 0 bridgehead atoms. The Labute approximate surface area is 114 Å². The average molecular weight is 283 g/mol. The molecule has 0 saturated carbocycles. The zero-order chi connectivity index (χ0) is 14.8. The van der Waals surface area contributed by atoms with Gasteiger partial charge in [0.15, 0.2) is 0 Å². The van der Waals surface area contributed by atoms with E-state index < -0.39 is 17.6 Å². The van der Waals surface area contributed by atoms with Crippen LogP contribution in [0.3, 0.4) is 0 Å². The lowest BCUT2D eigenvalue weighted by atomic mass is 10.1. The van der Waals surface area contributed by atoms with Gasteiger partial charge in [-0.25, -0.2) is 4.39 Å². The van der Waals surface area contributed by atoms with Crippen molar-refractivity contribution in [1.82, 2.24) is 0 Å². The number of benzene rings is 2. The quantitative estimate of drug-likeness (QED) is 0.800. The van der Waals surface area contributed by atoms with E-state index in [0.717, 1.165) is 23.3 Å². The predicted molar refractivity (Wildman–Crippen MR) is 69.9 cm³/mol. The summed E-state index contributed by atoms with van der Waals surface area (Å²) in [7, 11) is 0. The van der Waals surface area contributed by atoms with E-state index in [4.69, 9.17) is 0 Å². The average Bonchev–Trinajstić information content (AvgIpc) is 2.36. The maximum absolute atomic E-state index is 13.1. The fourth-order valence-electron chi connectivity index (χ4n) is 1.88. The maximum atomic E-state index is 13.1. The molecule has 0 heterocycles. The van der Waals surface area contributed by atoms with Gasteiger partial charge in [-0.1, -0.05) is 29.8 Å². The molecule has 0 aliphatic rings. The van der Waals surface area contributed by atoms with E-state index in [1.807, 2.05) is 31.2 Å². The zero-order valence-electron chi connectivity index (χ0n) is 10.8. The minimum atomic E-state index is -4.69. The molecule has 0 spiro atoms. The normalized spacial score (nSPS) is 11.4. The van der Waals surface area contributed by atoms with E-state index in [0.29, 0.717) is 6.54 Å². The molecule has 0 unspecified atom stereocenters. The first kappa shape index (κ1) is 14.4. The third-order valence-corrected chi connectivity index (χ3v) is 2.85. The molecule has 0 radical (unpaired) electrons. The number of anilines is 1. The van der Waals surface area contributed by atoms with E-state index in [-0.39, 0.29) is 5.69 Å². The number of alkyl halides is 3.